The summed E-state index contributed by atoms with van der Waals surface area (Å²) in [5, 5.41) is 5.57. The van der Waals surface area contributed by atoms with Gasteiger partial charge in [0.1, 0.15) is 11.5 Å². The van der Waals surface area contributed by atoms with E-state index in [0.717, 1.165) is 0 Å². The zero-order chi connectivity index (χ0) is 23.6. The molecule has 0 aliphatic heterocycles. The first-order valence-electron chi connectivity index (χ1n) is 9.50. The molecule has 4 rings (SSSR count). The van der Waals surface area contributed by atoms with E-state index in [1.807, 2.05) is 0 Å². The maximum absolute atomic E-state index is 13.0. The zero-order valence-electron chi connectivity index (χ0n) is 16.8. The quantitative estimate of drug-likeness (QED) is 0.185. The Morgan fingerprint density at radius 3 is 2.42 bits per heavy atom. The zero-order valence-corrected chi connectivity index (χ0v) is 17.7. The molecule has 0 atom stereocenters. The summed E-state index contributed by atoms with van der Waals surface area (Å²) in [6, 6.07) is 16.1. The number of carbonyl (C=O) groups is 1. The molecule has 33 heavy (non-hydrogen) atoms. The Bertz CT molecular complexity index is 1380. The van der Waals surface area contributed by atoms with Crippen molar-refractivity contribution in [3.8, 4) is 11.4 Å². The summed E-state index contributed by atoms with van der Waals surface area (Å²) in [5.41, 5.74) is 2.33. The van der Waals surface area contributed by atoms with E-state index >= 15 is 0 Å². The van der Waals surface area contributed by atoms with Gasteiger partial charge in [-0.2, -0.15) is 0 Å². The van der Waals surface area contributed by atoms with Gasteiger partial charge in [0.25, 0.3) is 5.91 Å². The van der Waals surface area contributed by atoms with Gasteiger partial charge in [-0.1, -0.05) is 0 Å². The lowest BCUT2D eigenvalue weighted by molar-refractivity contribution is -0.859. The van der Waals surface area contributed by atoms with Crippen LogP contribution in [0.4, 0.5) is 15.8 Å². The molecule has 4 N–H and O–H groups in total. The summed E-state index contributed by atoms with van der Waals surface area (Å²) in [6.07, 6.45) is -0.887. The highest BCUT2D eigenvalue weighted by Gasteiger charge is 2.26. The molecule has 0 radical (unpaired) electrons. The standard InChI is InChI=1S/C21H16FN4O6P/c22-15-5-1-14(2-6-15)21(27)23-16-7-3-13(4-8-16)20-24-18-10-9-17(25-28)11-19(18)26(20)32-12-33(29,30)31/h1-11H,12H2,(H3,23,24,27,28,29,30,31)/p+1. The van der Waals surface area contributed by atoms with Gasteiger partial charge in [-0.3, -0.25) is 9.36 Å². The number of rotatable bonds is 7. The predicted molar refractivity (Wildman–Crippen MR) is 117 cm³/mol. The normalized spacial score (nSPS) is 11.4. The molecule has 0 aliphatic carbocycles. The van der Waals surface area contributed by atoms with Crippen molar-refractivity contribution in [2.24, 2.45) is 5.18 Å². The SMILES string of the molecule is O=Nc1ccc2[nH]c(-c3ccc(NC(=O)c4ccc(F)cc4)cc3)[n+](OCP(=O)(O)O)c2c1. The lowest BCUT2D eigenvalue weighted by Crippen LogP contribution is -2.44. The molecule has 12 heteroatoms. The Labute approximate surface area is 185 Å². The Hall–Kier alpha value is -3.92. The molecule has 1 heterocycles. The molecule has 0 bridgehead atoms. The van der Waals surface area contributed by atoms with Crippen LogP contribution in [0.3, 0.4) is 0 Å². The van der Waals surface area contributed by atoms with Crippen molar-refractivity contribution in [3.05, 3.63) is 83.0 Å². The lowest BCUT2D eigenvalue weighted by atomic mass is 10.1. The molecule has 0 aliphatic rings. The number of anilines is 1. The summed E-state index contributed by atoms with van der Waals surface area (Å²) in [7, 11) is -4.48. The van der Waals surface area contributed by atoms with E-state index in [4.69, 9.17) is 4.84 Å². The van der Waals surface area contributed by atoms with Crippen LogP contribution in [0.1, 0.15) is 10.4 Å². The van der Waals surface area contributed by atoms with E-state index in [0.29, 0.717) is 33.7 Å². The molecule has 10 nitrogen and oxygen atoms in total. The highest BCUT2D eigenvalue weighted by atomic mass is 31.2. The van der Waals surface area contributed by atoms with Crippen molar-refractivity contribution in [3.63, 3.8) is 0 Å². The van der Waals surface area contributed by atoms with Crippen LogP contribution in [-0.2, 0) is 4.57 Å². The number of amides is 1. The van der Waals surface area contributed by atoms with Crippen molar-refractivity contribution in [1.82, 2.24) is 4.98 Å². The maximum atomic E-state index is 13.0. The van der Waals surface area contributed by atoms with Gasteiger partial charge in [-0.25, -0.2) is 9.37 Å². The van der Waals surface area contributed by atoms with Gasteiger partial charge in [-0.05, 0) is 70.6 Å². The molecule has 1 amide bonds. The minimum atomic E-state index is -4.48. The number of fused-ring (bicyclic) bond motifs is 1. The summed E-state index contributed by atoms with van der Waals surface area (Å²) in [5.74, 6) is -0.514. The fourth-order valence-electron chi connectivity index (χ4n) is 3.12. The number of aromatic amines is 1. The molecule has 0 spiro atoms. The van der Waals surface area contributed by atoms with Gasteiger partial charge in [-0.15, -0.1) is 4.91 Å². The van der Waals surface area contributed by atoms with E-state index in [1.54, 1.807) is 30.3 Å². The highest BCUT2D eigenvalue weighted by Crippen LogP contribution is 2.33. The lowest BCUT2D eigenvalue weighted by Gasteiger charge is -2.07. The molecule has 3 aromatic carbocycles. The topological polar surface area (TPSA) is 145 Å². The second kappa shape index (κ2) is 8.91. The number of hydrogen-bond donors (Lipinski definition) is 4. The predicted octanol–water partition coefficient (Wildman–Crippen LogP) is 3.48. The Kier molecular flexibility index (Phi) is 6.01. The summed E-state index contributed by atoms with van der Waals surface area (Å²) < 4.78 is 25.6. The fraction of sp³-hybridized carbons (Fsp3) is 0.0476. The second-order valence-electron chi connectivity index (χ2n) is 7.02. The van der Waals surface area contributed by atoms with Crippen LogP contribution in [0.5, 0.6) is 0 Å². The van der Waals surface area contributed by atoms with Gasteiger partial charge in [0, 0.05) is 17.3 Å². The van der Waals surface area contributed by atoms with Crippen LogP contribution in [-0.4, -0.2) is 27.0 Å². The Balaban J connectivity index is 1.65. The average molecular weight is 471 g/mol. The number of nitroso groups, excluding NO2 is 1. The fourth-order valence-corrected chi connectivity index (χ4v) is 3.39. The van der Waals surface area contributed by atoms with Crippen LogP contribution in [0.25, 0.3) is 22.4 Å². The second-order valence-corrected chi connectivity index (χ2v) is 8.61. The summed E-state index contributed by atoms with van der Waals surface area (Å²) in [4.78, 5) is 50.1. The molecule has 0 unspecified atom stereocenters. The largest absolute Gasteiger partial charge is 0.367 e. The molecule has 0 saturated carbocycles. The molecule has 0 fully saturated rings. The number of carbonyl (C=O) groups excluding carboxylic acids is 1. The smallest absolute Gasteiger partial charge is 0.322 e. The number of aromatic nitrogens is 2. The maximum Gasteiger partial charge on any atom is 0.367 e. The highest BCUT2D eigenvalue weighted by molar-refractivity contribution is 7.51. The third-order valence-electron chi connectivity index (χ3n) is 4.64. The molecule has 0 saturated heterocycles. The van der Waals surface area contributed by atoms with Gasteiger partial charge in [0.2, 0.25) is 11.9 Å². The van der Waals surface area contributed by atoms with Gasteiger partial charge < -0.3 is 19.9 Å². The number of H-pyrrole nitrogens is 1. The van der Waals surface area contributed by atoms with Crippen LogP contribution < -0.4 is 14.9 Å². The third-order valence-corrected chi connectivity index (χ3v) is 5.09. The number of benzene rings is 3. The molecule has 1 aromatic heterocycles. The summed E-state index contributed by atoms with van der Waals surface area (Å²) in [6.45, 7) is 0. The number of imidazole rings is 1. The Morgan fingerprint density at radius 2 is 1.79 bits per heavy atom. The van der Waals surface area contributed by atoms with Crippen molar-refractivity contribution in [2.75, 3.05) is 11.7 Å². The molecule has 4 aromatic rings. The van der Waals surface area contributed by atoms with Crippen LogP contribution in [0.15, 0.2) is 71.9 Å². The average Bonchev–Trinajstić information content (AvgIpc) is 3.15. The minimum absolute atomic E-state index is 0.112. The van der Waals surface area contributed by atoms with Crippen molar-refractivity contribution < 1.29 is 33.1 Å². The van der Waals surface area contributed by atoms with Crippen LogP contribution >= 0.6 is 7.60 Å². The molecular weight excluding hydrogens is 454 g/mol. The third kappa shape index (κ3) is 5.12. The van der Waals surface area contributed by atoms with Crippen molar-refractivity contribution >= 4 is 35.9 Å². The van der Waals surface area contributed by atoms with Gasteiger partial charge in [0.15, 0.2) is 5.52 Å². The number of halogens is 1. The van der Waals surface area contributed by atoms with Gasteiger partial charge >= 0.3 is 13.4 Å². The van der Waals surface area contributed by atoms with E-state index < -0.39 is 25.7 Å². The van der Waals surface area contributed by atoms with E-state index in [-0.39, 0.29) is 5.69 Å². The van der Waals surface area contributed by atoms with E-state index in [9.17, 15) is 28.4 Å². The number of hydrogen-bond acceptors (Lipinski definition) is 5. The van der Waals surface area contributed by atoms with Crippen LogP contribution in [0.2, 0.25) is 0 Å². The first-order valence-corrected chi connectivity index (χ1v) is 11.3. The van der Waals surface area contributed by atoms with Crippen molar-refractivity contribution in [1.29, 1.82) is 0 Å². The first-order chi connectivity index (χ1) is 15.7. The van der Waals surface area contributed by atoms with Crippen molar-refractivity contribution in [2.45, 2.75) is 0 Å². The molecule has 168 valence electrons. The number of nitrogens with one attached hydrogen (secondary N) is 2. The van der Waals surface area contributed by atoms with E-state index in [1.165, 1.54) is 41.1 Å². The Morgan fingerprint density at radius 1 is 1.09 bits per heavy atom. The number of nitrogens with zero attached hydrogens (tertiary/aromatic N) is 2. The monoisotopic (exact) mass is 471 g/mol. The van der Waals surface area contributed by atoms with E-state index in [2.05, 4.69) is 15.5 Å². The van der Waals surface area contributed by atoms with Crippen LogP contribution in [0, 0.1) is 10.7 Å². The summed E-state index contributed by atoms with van der Waals surface area (Å²) >= 11 is 0. The van der Waals surface area contributed by atoms with Gasteiger partial charge in [0.05, 0.1) is 5.56 Å². The first kappa shape index (κ1) is 22.3. The minimum Gasteiger partial charge on any atom is -0.322 e. The molecular formula is C21H17FN4O6P+.